The van der Waals surface area contributed by atoms with E-state index in [9.17, 15) is 27.6 Å². The molecule has 1 aromatic carbocycles. The Balaban J connectivity index is 1.97. The Morgan fingerprint density at radius 1 is 1.00 bits per heavy atom. The van der Waals surface area contributed by atoms with Crippen molar-refractivity contribution < 1.29 is 22.8 Å². The zero-order valence-corrected chi connectivity index (χ0v) is 18.3. The molecule has 2 N–H and O–H groups in total. The Morgan fingerprint density at radius 3 is 2.24 bits per heavy atom. The molecule has 10 heteroatoms. The fourth-order valence-corrected chi connectivity index (χ4v) is 3.32. The summed E-state index contributed by atoms with van der Waals surface area (Å²) in [6.45, 7) is 2.18. The summed E-state index contributed by atoms with van der Waals surface area (Å²) in [5, 5.41) is 4.34. The average molecular weight is 472 g/mol. The molecule has 0 saturated heterocycles. The molecule has 2 aromatic heterocycles. The second kappa shape index (κ2) is 10.8. The summed E-state index contributed by atoms with van der Waals surface area (Å²) in [7, 11) is 0. The van der Waals surface area contributed by atoms with Gasteiger partial charge in [-0.25, -0.2) is 0 Å². The van der Waals surface area contributed by atoms with E-state index in [0.717, 1.165) is 17.8 Å². The first-order valence-electron chi connectivity index (χ1n) is 10.6. The van der Waals surface area contributed by atoms with Crippen LogP contribution in [-0.2, 0) is 13.0 Å². The molecule has 0 aliphatic rings. The van der Waals surface area contributed by atoms with Crippen LogP contribution in [0.1, 0.15) is 44.9 Å². The lowest BCUT2D eigenvalue weighted by Crippen LogP contribution is -2.41. The van der Waals surface area contributed by atoms with E-state index in [1.54, 1.807) is 6.92 Å². The van der Waals surface area contributed by atoms with E-state index in [0.29, 0.717) is 13.0 Å². The van der Waals surface area contributed by atoms with E-state index in [1.807, 2.05) is 35.6 Å². The van der Waals surface area contributed by atoms with Gasteiger partial charge in [-0.05, 0) is 31.0 Å². The summed E-state index contributed by atoms with van der Waals surface area (Å²) in [6, 6.07) is 10.9. The average Bonchev–Trinajstić information content (AvgIpc) is 2.82. The van der Waals surface area contributed by atoms with E-state index >= 15 is 0 Å². The fraction of sp³-hybridized carbons (Fsp3) is 0.250. The van der Waals surface area contributed by atoms with Gasteiger partial charge in [0.25, 0.3) is 11.8 Å². The van der Waals surface area contributed by atoms with E-state index < -0.39 is 40.7 Å². The maximum absolute atomic E-state index is 13.7. The number of alkyl halides is 3. The third kappa shape index (κ3) is 6.09. The van der Waals surface area contributed by atoms with Crippen molar-refractivity contribution in [1.82, 2.24) is 20.2 Å². The molecule has 0 saturated carbocycles. The predicted octanol–water partition coefficient (Wildman–Crippen LogP) is 3.27. The van der Waals surface area contributed by atoms with E-state index in [-0.39, 0.29) is 12.1 Å². The van der Waals surface area contributed by atoms with Crippen molar-refractivity contribution in [2.24, 2.45) is 0 Å². The quantitative estimate of drug-likeness (QED) is 0.526. The van der Waals surface area contributed by atoms with Crippen LogP contribution in [0.5, 0.6) is 0 Å². The Bertz CT molecular complexity index is 1200. The fourth-order valence-electron chi connectivity index (χ4n) is 3.32. The zero-order chi connectivity index (χ0) is 24.7. The molecule has 3 aromatic rings. The van der Waals surface area contributed by atoms with Crippen molar-refractivity contribution in [2.45, 2.75) is 32.1 Å². The molecule has 2 amide bonds. The van der Waals surface area contributed by atoms with Crippen LogP contribution < -0.4 is 16.1 Å². The number of carbonyl (C=O) groups excluding carboxylic acids is 2. The van der Waals surface area contributed by atoms with Crippen molar-refractivity contribution >= 4 is 11.8 Å². The Morgan fingerprint density at radius 2 is 1.65 bits per heavy atom. The number of halogens is 3. The largest absolute Gasteiger partial charge is 0.414 e. The number of benzene rings is 1. The number of nitrogens with one attached hydrogen (secondary N) is 2. The lowest BCUT2D eigenvalue weighted by atomic mass is 10.1. The lowest BCUT2D eigenvalue weighted by Gasteiger charge is -2.21. The number of hydrogen-bond donors (Lipinski definition) is 2. The Hall–Kier alpha value is -3.95. The van der Waals surface area contributed by atoms with Gasteiger partial charge in [0.1, 0.15) is 11.1 Å². The normalized spacial score (nSPS) is 12.1. The topological polar surface area (TPSA) is 93.1 Å². The van der Waals surface area contributed by atoms with Crippen LogP contribution in [0.15, 0.2) is 71.9 Å². The van der Waals surface area contributed by atoms with Gasteiger partial charge in [-0.1, -0.05) is 36.4 Å². The Labute approximate surface area is 193 Å². The van der Waals surface area contributed by atoms with Crippen LogP contribution >= 0.6 is 0 Å². The molecule has 178 valence electrons. The van der Waals surface area contributed by atoms with Gasteiger partial charge in [-0.2, -0.15) is 13.2 Å². The van der Waals surface area contributed by atoms with Gasteiger partial charge in [0.2, 0.25) is 5.43 Å². The second-order valence-corrected chi connectivity index (χ2v) is 7.45. The molecule has 2 heterocycles. The van der Waals surface area contributed by atoms with Crippen LogP contribution in [0, 0.1) is 0 Å². The number of amides is 2. The molecule has 0 unspecified atom stereocenters. The van der Waals surface area contributed by atoms with Gasteiger partial charge in [0, 0.05) is 31.7 Å². The van der Waals surface area contributed by atoms with Crippen LogP contribution in [-0.4, -0.2) is 34.1 Å². The van der Waals surface area contributed by atoms with E-state index in [4.69, 9.17) is 0 Å². The van der Waals surface area contributed by atoms with Gasteiger partial charge in [-0.15, -0.1) is 0 Å². The number of pyridine rings is 2. The standard InChI is InChI=1S/C24H23F3N4O3/c1-2-28-22(33)17-14-31(13-11-16-8-4-3-5-9-16)15-18(20(17)32)23(34)30-21(24(25,26)27)19-10-6-7-12-29-19/h3-10,12,14-15,21H,2,11,13H2,1H3,(H,28,33)(H,30,34)/t21-/m1/s1. The first kappa shape index (κ1) is 24.7. The highest BCUT2D eigenvalue weighted by atomic mass is 19.4. The minimum absolute atomic E-state index is 0.231. The number of nitrogens with zero attached hydrogens (tertiary/aromatic N) is 2. The van der Waals surface area contributed by atoms with Gasteiger partial charge in [0.15, 0.2) is 6.04 Å². The molecule has 1 atom stereocenters. The summed E-state index contributed by atoms with van der Waals surface area (Å²) >= 11 is 0. The lowest BCUT2D eigenvalue weighted by molar-refractivity contribution is -0.156. The molecule has 0 bridgehead atoms. The Kier molecular flexibility index (Phi) is 7.83. The molecule has 0 aliphatic carbocycles. The van der Waals surface area contributed by atoms with Gasteiger partial charge in [0.05, 0.1) is 5.69 Å². The number of carbonyl (C=O) groups is 2. The number of aromatic nitrogens is 2. The molecule has 0 spiro atoms. The van der Waals surface area contributed by atoms with Gasteiger partial charge < -0.3 is 15.2 Å². The maximum Gasteiger partial charge on any atom is 0.414 e. The van der Waals surface area contributed by atoms with Crippen molar-refractivity contribution in [3.63, 3.8) is 0 Å². The highest BCUT2D eigenvalue weighted by Gasteiger charge is 2.43. The summed E-state index contributed by atoms with van der Waals surface area (Å²) < 4.78 is 42.5. The monoisotopic (exact) mass is 472 g/mol. The molecular weight excluding hydrogens is 449 g/mol. The molecule has 0 aliphatic heterocycles. The smallest absolute Gasteiger partial charge is 0.352 e. The summed E-state index contributed by atoms with van der Waals surface area (Å²) in [6.07, 6.45) is -0.707. The van der Waals surface area contributed by atoms with Crippen LogP contribution in [0.3, 0.4) is 0 Å². The summed E-state index contributed by atoms with van der Waals surface area (Å²) in [5.41, 5.74) is -1.31. The van der Waals surface area contributed by atoms with Crippen LogP contribution in [0.2, 0.25) is 0 Å². The van der Waals surface area contributed by atoms with E-state index in [1.165, 1.54) is 29.1 Å². The third-order valence-corrected chi connectivity index (χ3v) is 4.99. The van der Waals surface area contributed by atoms with Crippen LogP contribution in [0.4, 0.5) is 13.2 Å². The number of rotatable bonds is 8. The van der Waals surface area contributed by atoms with Crippen LogP contribution in [0.25, 0.3) is 0 Å². The first-order chi connectivity index (χ1) is 16.2. The molecule has 7 nitrogen and oxygen atoms in total. The van der Waals surface area contributed by atoms with Crippen molar-refractivity contribution in [3.05, 3.63) is 99.7 Å². The molecule has 34 heavy (non-hydrogen) atoms. The highest BCUT2D eigenvalue weighted by Crippen LogP contribution is 2.31. The number of hydrogen-bond acceptors (Lipinski definition) is 4. The maximum atomic E-state index is 13.7. The zero-order valence-electron chi connectivity index (χ0n) is 18.3. The van der Waals surface area contributed by atoms with Gasteiger partial charge in [-0.3, -0.25) is 19.4 Å². The summed E-state index contributed by atoms with van der Waals surface area (Å²) in [5.74, 6) is -1.97. The van der Waals surface area contributed by atoms with Gasteiger partial charge >= 0.3 is 6.18 Å². The predicted molar refractivity (Wildman–Crippen MR) is 119 cm³/mol. The molecule has 3 rings (SSSR count). The minimum atomic E-state index is -4.85. The van der Waals surface area contributed by atoms with Crippen molar-refractivity contribution in [3.8, 4) is 0 Å². The second-order valence-electron chi connectivity index (χ2n) is 7.45. The SMILES string of the molecule is CCNC(=O)c1cn(CCc2ccccc2)cc(C(=O)N[C@H](c2ccccn2)C(F)(F)F)c1=O. The molecular formula is C24H23F3N4O3. The van der Waals surface area contributed by atoms with E-state index in [2.05, 4.69) is 10.3 Å². The minimum Gasteiger partial charge on any atom is -0.352 e. The number of aryl methyl sites for hydroxylation is 2. The highest BCUT2D eigenvalue weighted by molar-refractivity contribution is 5.99. The van der Waals surface area contributed by atoms with Crippen molar-refractivity contribution in [1.29, 1.82) is 0 Å². The first-order valence-corrected chi connectivity index (χ1v) is 10.6. The molecule has 0 radical (unpaired) electrons. The summed E-state index contributed by atoms with van der Waals surface area (Å²) in [4.78, 5) is 41.9. The molecule has 0 fully saturated rings. The van der Waals surface area contributed by atoms with Crippen molar-refractivity contribution in [2.75, 3.05) is 6.54 Å². The third-order valence-electron chi connectivity index (χ3n) is 4.99.